The topological polar surface area (TPSA) is 87.0 Å². The summed E-state index contributed by atoms with van der Waals surface area (Å²) < 4.78 is 34.7. The number of fused-ring (bicyclic) bond motifs is 3. The summed E-state index contributed by atoms with van der Waals surface area (Å²) >= 11 is 1.31. The summed E-state index contributed by atoms with van der Waals surface area (Å²) in [6.07, 6.45) is 11.4. The molecule has 2 N–H and O–H groups in total. The predicted octanol–water partition coefficient (Wildman–Crippen LogP) is 4.56. The number of imidazole rings is 1. The van der Waals surface area contributed by atoms with Gasteiger partial charge in [-0.2, -0.15) is 18.3 Å². The number of hydrogen-bond donors (Lipinski definition) is 2. The van der Waals surface area contributed by atoms with E-state index in [-0.39, 0.29) is 11.5 Å². The number of anilines is 2. The highest BCUT2D eigenvalue weighted by molar-refractivity contribution is 7.10. The molecular weight excluding hydrogens is 434 g/mol. The second kappa shape index (κ2) is 7.31. The summed E-state index contributed by atoms with van der Waals surface area (Å²) in [5.74, 6) is -2.83. The van der Waals surface area contributed by atoms with Gasteiger partial charge in [0.15, 0.2) is 11.5 Å². The summed E-state index contributed by atoms with van der Waals surface area (Å²) in [5, 5.41) is 10.6. The van der Waals surface area contributed by atoms with Crippen LogP contribution in [-0.2, 0) is 12.5 Å². The molecule has 2 bridgehead atoms. The summed E-state index contributed by atoms with van der Waals surface area (Å²) in [6, 6.07) is 3.33. The van der Waals surface area contributed by atoms with Gasteiger partial charge >= 0.3 is 0 Å². The first-order chi connectivity index (χ1) is 15.5. The van der Waals surface area contributed by atoms with Crippen LogP contribution in [0, 0.1) is 0 Å². The van der Waals surface area contributed by atoms with E-state index in [2.05, 4.69) is 34.8 Å². The molecule has 0 amide bonds. The lowest BCUT2D eigenvalue weighted by Gasteiger charge is -2.19. The van der Waals surface area contributed by atoms with E-state index in [4.69, 9.17) is 0 Å². The Morgan fingerprint density at radius 1 is 1.22 bits per heavy atom. The van der Waals surface area contributed by atoms with E-state index in [0.717, 1.165) is 29.7 Å². The van der Waals surface area contributed by atoms with Crippen LogP contribution >= 0.6 is 11.5 Å². The highest BCUT2D eigenvalue weighted by atomic mass is 32.1. The van der Waals surface area contributed by atoms with Gasteiger partial charge in [0.25, 0.3) is 5.92 Å². The van der Waals surface area contributed by atoms with Gasteiger partial charge in [-0.25, -0.2) is 9.97 Å². The highest BCUT2D eigenvalue weighted by Crippen LogP contribution is 2.39. The lowest BCUT2D eigenvalue weighted by Crippen LogP contribution is -2.27. The Morgan fingerprint density at radius 3 is 2.69 bits per heavy atom. The maximum Gasteiger partial charge on any atom is 0.288 e. The van der Waals surface area contributed by atoms with Gasteiger partial charge in [-0.05, 0) is 43.3 Å². The van der Waals surface area contributed by atoms with Gasteiger partial charge in [0.05, 0.1) is 23.8 Å². The summed E-state index contributed by atoms with van der Waals surface area (Å²) in [6.45, 7) is 1.67. The molecule has 32 heavy (non-hydrogen) atoms. The van der Waals surface area contributed by atoms with Gasteiger partial charge in [0.1, 0.15) is 10.7 Å². The maximum atomic E-state index is 14.2. The molecule has 0 atom stereocenters. The van der Waals surface area contributed by atoms with E-state index in [1.54, 1.807) is 23.0 Å². The van der Waals surface area contributed by atoms with Gasteiger partial charge in [-0.1, -0.05) is 0 Å². The summed E-state index contributed by atoms with van der Waals surface area (Å²) in [5.41, 5.74) is 2.52. The fraction of sp³-hybridized carbons (Fsp3) is 0.429. The molecule has 2 aliphatic heterocycles. The van der Waals surface area contributed by atoms with Gasteiger partial charge < -0.3 is 5.32 Å². The fourth-order valence-corrected chi connectivity index (χ4v) is 5.57. The standard InChI is InChI=1S/C21H22F2N8S/c1-21(22,23)17-11-31-16(12-7-25-26-8-12)9-24-20(31)19(27-17)28-18-6-13(29-32-18)10-30-14-2-3-15(30)5-4-14/h6-9,11,14-15H,2-5,10H2,1H3,(H,25,26)(H,27,28). The SMILES string of the molecule is CC(F)(F)c1cn2c(-c3cn[nH]c3)cnc2c(Nc2cc(CN3C4CCC3CC4)ns2)n1. The van der Waals surface area contributed by atoms with Crippen molar-refractivity contribution < 1.29 is 8.78 Å². The number of aromatic nitrogens is 6. The van der Waals surface area contributed by atoms with Gasteiger partial charge in [-0.15, -0.1) is 0 Å². The quantitative estimate of drug-likeness (QED) is 0.442. The van der Waals surface area contributed by atoms with Crippen LogP contribution in [0.2, 0.25) is 0 Å². The largest absolute Gasteiger partial charge is 0.328 e. The number of H-pyrrole nitrogens is 1. The molecule has 6 rings (SSSR count). The first-order valence-electron chi connectivity index (χ1n) is 10.7. The smallest absolute Gasteiger partial charge is 0.288 e. The average molecular weight is 457 g/mol. The van der Waals surface area contributed by atoms with E-state index in [1.165, 1.54) is 43.4 Å². The van der Waals surface area contributed by atoms with Crippen LogP contribution in [0.1, 0.15) is 44.0 Å². The van der Waals surface area contributed by atoms with Crippen LogP contribution in [0.15, 0.2) is 30.9 Å². The van der Waals surface area contributed by atoms with Crippen molar-refractivity contribution in [2.75, 3.05) is 5.32 Å². The Bertz CT molecular complexity index is 1240. The van der Waals surface area contributed by atoms with Gasteiger partial charge in [0, 0.05) is 43.5 Å². The van der Waals surface area contributed by atoms with Crippen LogP contribution < -0.4 is 5.32 Å². The van der Waals surface area contributed by atoms with E-state index >= 15 is 0 Å². The van der Waals surface area contributed by atoms with Crippen LogP contribution in [0.5, 0.6) is 0 Å². The van der Waals surface area contributed by atoms with Crippen molar-refractivity contribution in [3.8, 4) is 11.3 Å². The molecule has 4 aromatic heterocycles. The first kappa shape index (κ1) is 19.7. The Morgan fingerprint density at radius 2 is 2.00 bits per heavy atom. The first-order valence-corrected chi connectivity index (χ1v) is 11.5. The fourth-order valence-electron chi connectivity index (χ4n) is 4.92. The van der Waals surface area contributed by atoms with E-state index in [1.807, 2.05) is 6.07 Å². The average Bonchev–Trinajstić information content (AvgIpc) is 3.58. The zero-order chi connectivity index (χ0) is 21.9. The van der Waals surface area contributed by atoms with E-state index in [0.29, 0.717) is 23.4 Å². The molecule has 2 aliphatic rings. The molecule has 0 spiro atoms. The lowest BCUT2D eigenvalue weighted by molar-refractivity contribution is 0.0124. The van der Waals surface area contributed by atoms with Crippen LogP contribution in [0.25, 0.3) is 16.9 Å². The van der Waals surface area contributed by atoms with Crippen molar-refractivity contribution in [2.45, 2.75) is 57.2 Å². The summed E-state index contributed by atoms with van der Waals surface area (Å²) in [4.78, 5) is 11.2. The highest BCUT2D eigenvalue weighted by Gasteiger charge is 2.39. The Hall–Kier alpha value is -2.92. The molecule has 6 heterocycles. The predicted molar refractivity (Wildman–Crippen MR) is 117 cm³/mol. The van der Waals surface area contributed by atoms with E-state index in [9.17, 15) is 8.78 Å². The molecule has 0 radical (unpaired) electrons. The second-order valence-corrected chi connectivity index (χ2v) is 9.43. The number of alkyl halides is 2. The van der Waals surface area contributed by atoms with Gasteiger partial charge in [-0.3, -0.25) is 14.4 Å². The molecule has 0 unspecified atom stereocenters. The Labute approximate surface area is 186 Å². The van der Waals surface area contributed by atoms with Crippen LogP contribution in [-0.4, -0.2) is 45.9 Å². The third kappa shape index (κ3) is 3.36. The number of nitrogens with one attached hydrogen (secondary N) is 2. The number of hydrogen-bond acceptors (Lipinski definition) is 7. The molecule has 0 saturated carbocycles. The zero-order valence-electron chi connectivity index (χ0n) is 17.4. The monoisotopic (exact) mass is 456 g/mol. The molecule has 2 saturated heterocycles. The number of nitrogens with zero attached hydrogens (tertiary/aromatic N) is 6. The van der Waals surface area contributed by atoms with Gasteiger partial charge in [0.2, 0.25) is 0 Å². The minimum atomic E-state index is -3.10. The number of aromatic amines is 1. The molecule has 4 aromatic rings. The molecule has 2 fully saturated rings. The van der Waals surface area contributed by atoms with Crippen LogP contribution in [0.4, 0.5) is 19.6 Å². The molecule has 8 nitrogen and oxygen atoms in total. The maximum absolute atomic E-state index is 14.2. The van der Waals surface area contributed by atoms with Crippen molar-refractivity contribution in [3.63, 3.8) is 0 Å². The molecule has 0 aromatic carbocycles. The number of halogens is 2. The van der Waals surface area contributed by atoms with Crippen molar-refractivity contribution in [1.29, 1.82) is 0 Å². The molecule has 11 heteroatoms. The summed E-state index contributed by atoms with van der Waals surface area (Å²) in [7, 11) is 0. The van der Waals surface area contributed by atoms with Crippen molar-refractivity contribution >= 4 is 28.0 Å². The molecular formula is C21H22F2N8S. The van der Waals surface area contributed by atoms with E-state index < -0.39 is 5.92 Å². The Kier molecular flexibility index (Phi) is 4.51. The zero-order valence-corrected chi connectivity index (χ0v) is 18.2. The number of rotatable bonds is 6. The molecule has 166 valence electrons. The minimum Gasteiger partial charge on any atom is -0.328 e. The second-order valence-electron chi connectivity index (χ2n) is 8.63. The third-order valence-corrected chi connectivity index (χ3v) is 7.23. The van der Waals surface area contributed by atoms with Crippen LogP contribution in [0.3, 0.4) is 0 Å². The third-order valence-electron chi connectivity index (χ3n) is 6.49. The Balaban J connectivity index is 1.33. The minimum absolute atomic E-state index is 0.273. The van der Waals surface area contributed by atoms with Crippen molar-refractivity contribution in [2.24, 2.45) is 0 Å². The van der Waals surface area contributed by atoms with Crippen molar-refractivity contribution in [1.82, 2.24) is 33.8 Å². The lowest BCUT2D eigenvalue weighted by atomic mass is 10.0. The normalized spacial score (nSPS) is 21.1. The van der Waals surface area contributed by atoms with Crippen molar-refractivity contribution in [3.05, 3.63) is 42.2 Å². The molecule has 0 aliphatic carbocycles.